The van der Waals surface area contributed by atoms with Crippen molar-refractivity contribution in [2.75, 3.05) is 0 Å². The van der Waals surface area contributed by atoms with Crippen molar-refractivity contribution in [3.63, 3.8) is 0 Å². The summed E-state index contributed by atoms with van der Waals surface area (Å²) in [5, 5.41) is 2.18. The Morgan fingerprint density at radius 1 is 1.13 bits per heavy atom. The quantitative estimate of drug-likeness (QED) is 0.416. The molecule has 0 aromatic heterocycles. The standard InChI is InChI=1S/C25H22BNO4/c1-16(29)22(9-5-13-28)27-15-21-20(25(27)30)8-4-10-23(21)31-24(26)19-12-11-17-6-2-3-7-18(17)14-19/h2-4,6-8,10-14,22,24H,5,9,15H2,1H3. The number of rotatable bonds is 8. The van der Waals surface area contributed by atoms with Crippen molar-refractivity contribution < 1.29 is 19.1 Å². The lowest BCUT2D eigenvalue weighted by molar-refractivity contribution is -0.121. The van der Waals surface area contributed by atoms with Crippen LogP contribution in [0.3, 0.4) is 0 Å². The molecule has 1 heterocycles. The first-order valence-corrected chi connectivity index (χ1v) is 10.3. The summed E-state index contributed by atoms with van der Waals surface area (Å²) in [4.78, 5) is 37.4. The van der Waals surface area contributed by atoms with Crippen LogP contribution in [-0.2, 0) is 16.1 Å². The lowest BCUT2D eigenvalue weighted by atomic mass is 9.90. The fourth-order valence-corrected chi connectivity index (χ4v) is 4.08. The van der Waals surface area contributed by atoms with Gasteiger partial charge in [0.1, 0.15) is 19.9 Å². The van der Waals surface area contributed by atoms with E-state index in [0.29, 0.717) is 23.3 Å². The van der Waals surface area contributed by atoms with Gasteiger partial charge in [-0.3, -0.25) is 9.59 Å². The average molecular weight is 411 g/mol. The van der Waals surface area contributed by atoms with E-state index in [1.807, 2.05) is 42.5 Å². The molecule has 31 heavy (non-hydrogen) atoms. The summed E-state index contributed by atoms with van der Waals surface area (Å²) in [6, 6.07) is 17.8. The molecular weight excluding hydrogens is 389 g/mol. The minimum atomic E-state index is -0.709. The molecule has 0 aliphatic carbocycles. The van der Waals surface area contributed by atoms with Crippen LogP contribution in [0.15, 0.2) is 60.7 Å². The van der Waals surface area contributed by atoms with Crippen LogP contribution in [0.1, 0.15) is 47.3 Å². The topological polar surface area (TPSA) is 63.7 Å². The van der Waals surface area contributed by atoms with E-state index in [2.05, 4.69) is 0 Å². The summed E-state index contributed by atoms with van der Waals surface area (Å²) in [5.41, 5.74) is 2.03. The van der Waals surface area contributed by atoms with Crippen molar-refractivity contribution in [2.24, 2.45) is 0 Å². The first kappa shape index (κ1) is 20.9. The summed E-state index contributed by atoms with van der Waals surface area (Å²) in [6.45, 7) is 1.69. The molecule has 2 unspecified atom stereocenters. The molecule has 0 saturated carbocycles. The second-order valence-corrected chi connectivity index (χ2v) is 7.73. The molecular formula is C25H22BNO4. The Labute approximate surface area is 182 Å². The fraction of sp³-hybridized carbons (Fsp3) is 0.240. The fourth-order valence-electron chi connectivity index (χ4n) is 4.08. The van der Waals surface area contributed by atoms with E-state index in [1.165, 1.54) is 11.8 Å². The molecule has 5 nitrogen and oxygen atoms in total. The van der Waals surface area contributed by atoms with Crippen LogP contribution in [0.25, 0.3) is 10.8 Å². The van der Waals surface area contributed by atoms with Gasteiger partial charge in [0, 0.05) is 17.5 Å². The van der Waals surface area contributed by atoms with Crippen LogP contribution in [0.5, 0.6) is 5.75 Å². The number of aldehydes is 1. The van der Waals surface area contributed by atoms with Crippen LogP contribution in [0.4, 0.5) is 0 Å². The largest absolute Gasteiger partial charge is 0.496 e. The van der Waals surface area contributed by atoms with E-state index >= 15 is 0 Å². The highest BCUT2D eigenvalue weighted by Gasteiger charge is 2.36. The molecule has 3 aromatic carbocycles. The number of hydrogen-bond acceptors (Lipinski definition) is 4. The minimum absolute atomic E-state index is 0.140. The number of nitrogens with zero attached hydrogens (tertiary/aromatic N) is 1. The Morgan fingerprint density at radius 3 is 2.65 bits per heavy atom. The van der Waals surface area contributed by atoms with Gasteiger partial charge in [-0.25, -0.2) is 0 Å². The van der Waals surface area contributed by atoms with E-state index in [-0.39, 0.29) is 24.7 Å². The van der Waals surface area contributed by atoms with Gasteiger partial charge in [-0.15, -0.1) is 0 Å². The number of fused-ring (bicyclic) bond motifs is 2. The highest BCUT2D eigenvalue weighted by Crippen LogP contribution is 2.35. The third-order valence-corrected chi connectivity index (χ3v) is 5.71. The van der Waals surface area contributed by atoms with Gasteiger partial charge in [0.05, 0.1) is 18.6 Å². The van der Waals surface area contributed by atoms with Gasteiger partial charge in [0.25, 0.3) is 5.91 Å². The van der Waals surface area contributed by atoms with Crippen LogP contribution in [0, 0.1) is 0 Å². The highest BCUT2D eigenvalue weighted by molar-refractivity contribution is 6.12. The van der Waals surface area contributed by atoms with E-state index in [0.717, 1.165) is 22.6 Å². The first-order valence-electron chi connectivity index (χ1n) is 10.3. The zero-order valence-electron chi connectivity index (χ0n) is 17.3. The van der Waals surface area contributed by atoms with Crippen LogP contribution in [0.2, 0.25) is 0 Å². The molecule has 6 heteroatoms. The molecule has 3 aromatic rings. The molecule has 4 rings (SSSR count). The average Bonchev–Trinajstić information content (AvgIpc) is 3.11. The third kappa shape index (κ3) is 4.11. The third-order valence-electron chi connectivity index (χ3n) is 5.71. The normalized spacial score (nSPS) is 14.9. The Balaban J connectivity index is 1.59. The first-order chi connectivity index (χ1) is 15.0. The molecule has 1 amide bonds. The van der Waals surface area contributed by atoms with Crippen molar-refractivity contribution in [1.82, 2.24) is 4.90 Å². The molecule has 0 fully saturated rings. The number of benzene rings is 3. The number of ketones is 1. The molecule has 0 N–H and O–H groups in total. The SMILES string of the molecule is [B]C(Oc1cccc2c1CN(C(CCC=O)C(C)=O)C2=O)c1ccc2ccccc2c1. The van der Waals surface area contributed by atoms with E-state index in [4.69, 9.17) is 12.6 Å². The summed E-state index contributed by atoms with van der Waals surface area (Å²) >= 11 is 0. The summed E-state index contributed by atoms with van der Waals surface area (Å²) < 4.78 is 6.07. The van der Waals surface area contributed by atoms with Gasteiger partial charge < -0.3 is 14.4 Å². The lowest BCUT2D eigenvalue weighted by Gasteiger charge is -2.25. The van der Waals surface area contributed by atoms with Gasteiger partial charge in [-0.05, 0) is 47.9 Å². The molecule has 0 saturated heterocycles. The maximum absolute atomic E-state index is 13.0. The van der Waals surface area contributed by atoms with E-state index in [1.54, 1.807) is 18.2 Å². The molecule has 1 aliphatic rings. The maximum atomic E-state index is 13.0. The van der Waals surface area contributed by atoms with Crippen molar-refractivity contribution >= 4 is 36.6 Å². The van der Waals surface area contributed by atoms with Crippen LogP contribution < -0.4 is 4.74 Å². The van der Waals surface area contributed by atoms with Crippen LogP contribution in [-0.4, -0.2) is 36.8 Å². The maximum Gasteiger partial charge on any atom is 0.255 e. The zero-order valence-corrected chi connectivity index (χ0v) is 17.3. The van der Waals surface area contributed by atoms with Gasteiger partial charge in [0.15, 0.2) is 5.78 Å². The monoisotopic (exact) mass is 411 g/mol. The summed E-state index contributed by atoms with van der Waals surface area (Å²) in [5.74, 6) is 0.149. The van der Waals surface area contributed by atoms with Crippen LogP contribution >= 0.6 is 0 Å². The second kappa shape index (κ2) is 8.76. The highest BCUT2D eigenvalue weighted by atomic mass is 16.5. The smallest absolute Gasteiger partial charge is 0.255 e. The molecule has 0 spiro atoms. The Hall–Kier alpha value is -3.41. The van der Waals surface area contributed by atoms with Gasteiger partial charge >= 0.3 is 0 Å². The van der Waals surface area contributed by atoms with E-state index < -0.39 is 12.0 Å². The summed E-state index contributed by atoms with van der Waals surface area (Å²) in [7, 11) is 6.34. The van der Waals surface area contributed by atoms with E-state index in [9.17, 15) is 14.4 Å². The van der Waals surface area contributed by atoms with Gasteiger partial charge in [-0.1, -0.05) is 42.5 Å². The summed E-state index contributed by atoms with van der Waals surface area (Å²) in [6.07, 6.45) is 1.30. The number of carbonyl (C=O) groups is 3. The predicted octanol–water partition coefficient (Wildman–Crippen LogP) is 3.98. The Kier molecular flexibility index (Phi) is 5.89. The number of hydrogen-bond donors (Lipinski definition) is 0. The number of Topliss-reactive ketones (excluding diaryl/α,β-unsaturated/α-hetero) is 1. The van der Waals surface area contributed by atoms with Gasteiger partial charge in [0.2, 0.25) is 0 Å². The molecule has 2 atom stereocenters. The van der Waals surface area contributed by atoms with Crippen molar-refractivity contribution in [2.45, 2.75) is 38.4 Å². The second-order valence-electron chi connectivity index (χ2n) is 7.73. The predicted molar refractivity (Wildman–Crippen MR) is 119 cm³/mol. The lowest BCUT2D eigenvalue weighted by Crippen LogP contribution is -2.40. The Bertz CT molecular complexity index is 1160. The van der Waals surface area contributed by atoms with Gasteiger partial charge in [-0.2, -0.15) is 0 Å². The number of amides is 1. The Morgan fingerprint density at radius 2 is 1.90 bits per heavy atom. The molecule has 0 bridgehead atoms. The molecule has 2 radical (unpaired) electrons. The molecule has 154 valence electrons. The number of ether oxygens (including phenoxy) is 1. The van der Waals surface area contributed by atoms with Crippen molar-refractivity contribution in [1.29, 1.82) is 0 Å². The molecule has 1 aliphatic heterocycles. The zero-order chi connectivity index (χ0) is 22.0. The van der Waals surface area contributed by atoms with Crippen molar-refractivity contribution in [3.8, 4) is 5.75 Å². The van der Waals surface area contributed by atoms with Crippen molar-refractivity contribution in [3.05, 3.63) is 77.4 Å². The minimum Gasteiger partial charge on any atom is -0.496 e. The number of carbonyl (C=O) groups excluding carboxylic acids is 3.